The molecule has 4 nitrogen and oxygen atoms in total. The molecule has 0 fully saturated rings. The lowest BCUT2D eigenvalue weighted by Gasteiger charge is -2.27. The summed E-state index contributed by atoms with van der Waals surface area (Å²) in [5.41, 5.74) is 0.965. The third-order valence-electron chi connectivity index (χ3n) is 2.76. The molecular formula is C10H9F3N2O2. The molecule has 2 rings (SSSR count). The van der Waals surface area contributed by atoms with Gasteiger partial charge in [0.05, 0.1) is 4.92 Å². The molecule has 0 bridgehead atoms. The van der Waals surface area contributed by atoms with E-state index in [9.17, 15) is 23.3 Å². The minimum Gasteiger partial charge on any atom is -0.302 e. The number of nitrogens with zero attached hydrogens (tertiary/aromatic N) is 1. The number of rotatable bonds is 1. The van der Waals surface area contributed by atoms with Gasteiger partial charge in [0.1, 0.15) is 6.04 Å². The van der Waals surface area contributed by atoms with Gasteiger partial charge in [0.25, 0.3) is 5.69 Å². The Morgan fingerprint density at radius 3 is 2.65 bits per heavy atom. The summed E-state index contributed by atoms with van der Waals surface area (Å²) in [6, 6.07) is 2.37. The fraction of sp³-hybridized carbons (Fsp3) is 0.400. The molecule has 1 atom stereocenters. The normalized spacial score (nSPS) is 19.8. The van der Waals surface area contributed by atoms with Crippen LogP contribution in [0.15, 0.2) is 18.2 Å². The van der Waals surface area contributed by atoms with Crippen molar-refractivity contribution in [3.63, 3.8) is 0 Å². The average molecular weight is 246 g/mol. The average Bonchev–Trinajstić information content (AvgIpc) is 2.26. The predicted molar refractivity (Wildman–Crippen MR) is 53.5 cm³/mol. The monoisotopic (exact) mass is 246 g/mol. The van der Waals surface area contributed by atoms with Crippen molar-refractivity contribution in [3.05, 3.63) is 39.4 Å². The summed E-state index contributed by atoms with van der Waals surface area (Å²) in [5.74, 6) is 0. The Balaban J connectivity index is 2.26. The zero-order chi connectivity index (χ0) is 12.6. The van der Waals surface area contributed by atoms with Crippen molar-refractivity contribution in [2.24, 2.45) is 0 Å². The molecule has 1 N–H and O–H groups in total. The number of hydrogen-bond acceptors (Lipinski definition) is 3. The third-order valence-corrected chi connectivity index (χ3v) is 2.76. The van der Waals surface area contributed by atoms with Crippen molar-refractivity contribution < 1.29 is 18.1 Å². The summed E-state index contributed by atoms with van der Waals surface area (Å²) in [6.45, 7) is 0.00118. The van der Waals surface area contributed by atoms with Gasteiger partial charge in [-0.25, -0.2) is 0 Å². The second-order valence-corrected chi connectivity index (χ2v) is 3.89. The largest absolute Gasteiger partial charge is 0.404 e. The Hall–Kier alpha value is -1.63. The molecule has 0 saturated heterocycles. The van der Waals surface area contributed by atoms with Crippen LogP contribution in [0, 0.1) is 10.1 Å². The van der Waals surface area contributed by atoms with Crippen LogP contribution < -0.4 is 5.32 Å². The molecule has 1 aromatic carbocycles. The van der Waals surface area contributed by atoms with Crippen molar-refractivity contribution in [1.29, 1.82) is 0 Å². The minimum absolute atomic E-state index is 0.00118. The summed E-state index contributed by atoms with van der Waals surface area (Å²) in [7, 11) is 0. The Morgan fingerprint density at radius 2 is 2.06 bits per heavy atom. The maximum absolute atomic E-state index is 12.5. The van der Waals surface area contributed by atoms with Gasteiger partial charge in [0, 0.05) is 18.7 Å². The number of fused-ring (bicyclic) bond motifs is 1. The zero-order valence-electron chi connectivity index (χ0n) is 8.62. The molecule has 0 radical (unpaired) electrons. The highest BCUT2D eigenvalue weighted by atomic mass is 19.4. The molecule has 0 aliphatic carbocycles. The summed E-state index contributed by atoms with van der Waals surface area (Å²) in [6.07, 6.45) is -4.48. The van der Waals surface area contributed by atoms with Crippen LogP contribution in [0.25, 0.3) is 0 Å². The van der Waals surface area contributed by atoms with Crippen LogP contribution in [0.5, 0.6) is 0 Å². The molecule has 7 heteroatoms. The number of alkyl halides is 3. The topological polar surface area (TPSA) is 55.2 Å². The quantitative estimate of drug-likeness (QED) is 0.610. The van der Waals surface area contributed by atoms with Gasteiger partial charge in [-0.1, -0.05) is 6.07 Å². The molecule has 1 aliphatic heterocycles. The molecule has 0 amide bonds. The molecule has 17 heavy (non-hydrogen) atoms. The maximum Gasteiger partial charge on any atom is 0.404 e. The molecule has 1 heterocycles. The van der Waals surface area contributed by atoms with E-state index in [-0.39, 0.29) is 18.7 Å². The number of halogens is 3. The second-order valence-electron chi connectivity index (χ2n) is 3.89. The van der Waals surface area contributed by atoms with Crippen molar-refractivity contribution >= 4 is 5.69 Å². The van der Waals surface area contributed by atoms with Gasteiger partial charge < -0.3 is 5.32 Å². The number of nitro benzene ring substituents is 1. The van der Waals surface area contributed by atoms with E-state index in [0.717, 1.165) is 0 Å². The van der Waals surface area contributed by atoms with E-state index in [2.05, 4.69) is 5.32 Å². The first-order valence-corrected chi connectivity index (χ1v) is 4.94. The Bertz CT molecular complexity index is 459. The highest BCUT2D eigenvalue weighted by Gasteiger charge is 2.41. The van der Waals surface area contributed by atoms with E-state index < -0.39 is 17.1 Å². The number of hydrogen-bond donors (Lipinski definition) is 1. The van der Waals surface area contributed by atoms with E-state index in [1.54, 1.807) is 0 Å². The molecule has 1 aliphatic rings. The molecule has 0 aromatic heterocycles. The van der Waals surface area contributed by atoms with Gasteiger partial charge in [0.15, 0.2) is 0 Å². The molecule has 0 saturated carbocycles. The van der Waals surface area contributed by atoms with E-state index in [0.29, 0.717) is 11.1 Å². The molecular weight excluding hydrogens is 237 g/mol. The standard InChI is InChI=1S/C10H9F3N2O2/c11-10(12,13)9-4-6-1-2-8(15(16)17)3-7(6)5-14-9/h1-3,9,14H,4-5H2/t9-/m1/s1. The van der Waals surface area contributed by atoms with Crippen LogP contribution in [-0.2, 0) is 13.0 Å². The number of nitrogens with one attached hydrogen (secondary N) is 1. The molecule has 0 spiro atoms. The molecule has 1 aromatic rings. The lowest BCUT2D eigenvalue weighted by Crippen LogP contribution is -2.46. The minimum atomic E-state index is -4.29. The van der Waals surface area contributed by atoms with Crippen molar-refractivity contribution in [2.45, 2.75) is 25.2 Å². The summed E-state index contributed by atoms with van der Waals surface area (Å²) in [4.78, 5) is 9.96. The van der Waals surface area contributed by atoms with Gasteiger partial charge in [-0.15, -0.1) is 0 Å². The van der Waals surface area contributed by atoms with Crippen LogP contribution in [0.3, 0.4) is 0 Å². The SMILES string of the molecule is O=[N+]([O-])c1ccc2c(c1)CN[C@@H](C(F)(F)F)C2. The van der Waals surface area contributed by atoms with Crippen LogP contribution >= 0.6 is 0 Å². The van der Waals surface area contributed by atoms with Crippen molar-refractivity contribution in [2.75, 3.05) is 0 Å². The fourth-order valence-corrected chi connectivity index (χ4v) is 1.85. The summed E-state index contributed by atoms with van der Waals surface area (Å²) >= 11 is 0. The number of nitro groups is 1. The first kappa shape index (κ1) is 11.8. The van der Waals surface area contributed by atoms with Gasteiger partial charge in [0.2, 0.25) is 0 Å². The first-order chi connectivity index (χ1) is 7.88. The smallest absolute Gasteiger partial charge is 0.302 e. The van der Waals surface area contributed by atoms with Crippen LogP contribution in [-0.4, -0.2) is 17.1 Å². The summed E-state index contributed by atoms with van der Waals surface area (Å²) < 4.78 is 37.4. The second kappa shape index (κ2) is 3.99. The van der Waals surface area contributed by atoms with Gasteiger partial charge in [-0.05, 0) is 17.5 Å². The van der Waals surface area contributed by atoms with Crippen LogP contribution in [0.2, 0.25) is 0 Å². The fourth-order valence-electron chi connectivity index (χ4n) is 1.85. The van der Waals surface area contributed by atoms with Gasteiger partial charge >= 0.3 is 6.18 Å². The van der Waals surface area contributed by atoms with Crippen molar-refractivity contribution in [1.82, 2.24) is 5.32 Å². The van der Waals surface area contributed by atoms with Gasteiger partial charge in [-0.2, -0.15) is 13.2 Å². The predicted octanol–water partition coefficient (Wildman–Crippen LogP) is 2.17. The van der Waals surface area contributed by atoms with Crippen LogP contribution in [0.1, 0.15) is 11.1 Å². The van der Waals surface area contributed by atoms with Gasteiger partial charge in [-0.3, -0.25) is 10.1 Å². The van der Waals surface area contributed by atoms with E-state index in [1.165, 1.54) is 18.2 Å². The number of benzene rings is 1. The summed E-state index contributed by atoms with van der Waals surface area (Å²) in [5, 5.41) is 12.8. The highest BCUT2D eigenvalue weighted by molar-refractivity contribution is 5.41. The van der Waals surface area contributed by atoms with Crippen molar-refractivity contribution in [3.8, 4) is 0 Å². The Kier molecular flexibility index (Phi) is 2.78. The van der Waals surface area contributed by atoms with E-state index >= 15 is 0 Å². The number of non-ortho nitro benzene ring substituents is 1. The molecule has 92 valence electrons. The van der Waals surface area contributed by atoms with E-state index in [1.807, 2.05) is 0 Å². The Labute approximate surface area is 94.6 Å². The lowest BCUT2D eigenvalue weighted by molar-refractivity contribution is -0.384. The molecule has 0 unspecified atom stereocenters. The van der Waals surface area contributed by atoms with Crippen LogP contribution in [0.4, 0.5) is 18.9 Å². The zero-order valence-corrected chi connectivity index (χ0v) is 8.62. The highest BCUT2D eigenvalue weighted by Crippen LogP contribution is 2.29. The van der Waals surface area contributed by atoms with E-state index in [4.69, 9.17) is 0 Å². The first-order valence-electron chi connectivity index (χ1n) is 4.94. The third kappa shape index (κ3) is 2.38. The Morgan fingerprint density at radius 1 is 1.35 bits per heavy atom. The lowest BCUT2D eigenvalue weighted by atomic mass is 9.95. The maximum atomic E-state index is 12.5.